The molecule has 0 saturated heterocycles. The SMILES string of the molecule is CC(O)CN(CCN(CC(C)O)CC(C)O)CC(C)O.CCCCCCCCCCCCCCCCOP(=O)(O)O. The van der Waals surface area contributed by atoms with Gasteiger partial charge in [-0.3, -0.25) is 14.3 Å². The van der Waals surface area contributed by atoms with Crippen molar-refractivity contribution in [3.63, 3.8) is 0 Å². The molecule has 41 heavy (non-hydrogen) atoms. The molecule has 0 aromatic rings. The van der Waals surface area contributed by atoms with Gasteiger partial charge >= 0.3 is 7.82 Å². The monoisotopic (exact) mass is 614 g/mol. The van der Waals surface area contributed by atoms with Gasteiger partial charge in [-0.2, -0.15) is 0 Å². The lowest BCUT2D eigenvalue weighted by molar-refractivity contribution is 0.0542. The van der Waals surface area contributed by atoms with Gasteiger partial charge in [-0.1, -0.05) is 90.4 Å². The van der Waals surface area contributed by atoms with Crippen LogP contribution in [-0.4, -0.2) is 110 Å². The van der Waals surface area contributed by atoms with Crippen LogP contribution in [0.15, 0.2) is 0 Å². The maximum absolute atomic E-state index is 10.4. The molecule has 0 rings (SSSR count). The van der Waals surface area contributed by atoms with E-state index in [1.54, 1.807) is 27.7 Å². The smallest absolute Gasteiger partial charge is 0.392 e. The first-order valence-electron chi connectivity index (χ1n) is 16.1. The zero-order valence-electron chi connectivity index (χ0n) is 27.0. The average molecular weight is 615 g/mol. The number of hydrogen-bond donors (Lipinski definition) is 6. The van der Waals surface area contributed by atoms with Crippen molar-refractivity contribution in [2.75, 3.05) is 45.9 Å². The third kappa shape index (κ3) is 37.8. The van der Waals surface area contributed by atoms with E-state index in [0.29, 0.717) is 39.3 Å². The Labute approximate surface area is 251 Å². The standard InChI is InChI=1S/C16H35O4P.C14H32N2O4/c1-2-3-4-5-6-7-8-9-10-11-12-13-14-15-16-20-21(17,18)19;1-11(17)7-15(8-12(2)18)5-6-16(9-13(3)19)10-14(4)20/h2-16H2,1H3,(H2,17,18,19);11-14,17-20H,5-10H2,1-4H3. The van der Waals surface area contributed by atoms with Crippen molar-refractivity contribution >= 4 is 7.82 Å². The Morgan fingerprint density at radius 3 is 1.05 bits per heavy atom. The lowest BCUT2D eigenvalue weighted by atomic mass is 10.0. The van der Waals surface area contributed by atoms with E-state index in [9.17, 15) is 25.0 Å². The summed E-state index contributed by atoms with van der Waals surface area (Å²) in [6.07, 6.45) is 16.0. The highest BCUT2D eigenvalue weighted by molar-refractivity contribution is 7.46. The highest BCUT2D eigenvalue weighted by Crippen LogP contribution is 2.35. The lowest BCUT2D eigenvalue weighted by Gasteiger charge is -2.30. The van der Waals surface area contributed by atoms with Gasteiger partial charge in [0, 0.05) is 39.3 Å². The summed E-state index contributed by atoms with van der Waals surface area (Å²) in [5.41, 5.74) is 0. The molecule has 0 aliphatic heterocycles. The van der Waals surface area contributed by atoms with Crippen molar-refractivity contribution in [3.8, 4) is 0 Å². The maximum Gasteiger partial charge on any atom is 0.469 e. The third-order valence-electron chi connectivity index (χ3n) is 6.58. The van der Waals surface area contributed by atoms with Crippen LogP contribution in [0.5, 0.6) is 0 Å². The zero-order valence-corrected chi connectivity index (χ0v) is 27.9. The summed E-state index contributed by atoms with van der Waals surface area (Å²) in [5.74, 6) is 0. The third-order valence-corrected chi connectivity index (χ3v) is 7.10. The van der Waals surface area contributed by atoms with Crippen LogP contribution in [0.3, 0.4) is 0 Å². The molecule has 0 aromatic carbocycles. The van der Waals surface area contributed by atoms with Gasteiger partial charge in [0.15, 0.2) is 0 Å². The van der Waals surface area contributed by atoms with Crippen molar-refractivity contribution in [2.24, 2.45) is 0 Å². The van der Waals surface area contributed by atoms with Crippen LogP contribution in [-0.2, 0) is 9.09 Å². The summed E-state index contributed by atoms with van der Waals surface area (Å²) >= 11 is 0. The fourth-order valence-electron chi connectivity index (χ4n) is 4.77. The molecule has 0 heterocycles. The van der Waals surface area contributed by atoms with Crippen LogP contribution in [0, 0.1) is 0 Å². The predicted octanol–water partition coefficient (Wildman–Crippen LogP) is 4.69. The van der Waals surface area contributed by atoms with Crippen molar-refractivity contribution in [2.45, 2.75) is 149 Å². The molecule has 0 fully saturated rings. The number of phosphoric ester groups is 1. The second-order valence-corrected chi connectivity index (χ2v) is 13.1. The molecule has 10 nitrogen and oxygen atoms in total. The molecule has 4 unspecified atom stereocenters. The summed E-state index contributed by atoms with van der Waals surface area (Å²) in [5, 5.41) is 37.9. The number of unbranched alkanes of at least 4 members (excludes halogenated alkanes) is 13. The quantitative estimate of drug-likeness (QED) is 0.0567. The molecule has 250 valence electrons. The predicted molar refractivity (Wildman–Crippen MR) is 168 cm³/mol. The van der Waals surface area contributed by atoms with Gasteiger partial charge in [0.1, 0.15) is 0 Å². The number of nitrogens with zero attached hydrogens (tertiary/aromatic N) is 2. The number of aliphatic hydroxyl groups is 4. The Hall–Kier alpha value is -0.130. The Balaban J connectivity index is 0. The summed E-state index contributed by atoms with van der Waals surface area (Å²) in [6.45, 7) is 12.7. The molecule has 0 saturated carbocycles. The first kappa shape index (κ1) is 43.0. The van der Waals surface area contributed by atoms with E-state index in [4.69, 9.17) is 9.79 Å². The van der Waals surface area contributed by atoms with Gasteiger partial charge in [0.25, 0.3) is 0 Å². The molecule has 0 aliphatic rings. The first-order chi connectivity index (χ1) is 19.3. The van der Waals surface area contributed by atoms with Crippen LogP contribution in [0.2, 0.25) is 0 Å². The Morgan fingerprint density at radius 1 is 0.537 bits per heavy atom. The molecular weight excluding hydrogens is 547 g/mol. The molecular formula is C30H67N2O8P. The van der Waals surface area contributed by atoms with E-state index in [0.717, 1.165) is 19.3 Å². The molecule has 0 spiro atoms. The van der Waals surface area contributed by atoms with Crippen LogP contribution in [0.25, 0.3) is 0 Å². The van der Waals surface area contributed by atoms with Gasteiger partial charge in [-0.05, 0) is 34.1 Å². The number of rotatable bonds is 27. The Kier molecular flexibility index (Phi) is 30.0. The Bertz CT molecular complexity index is 547. The maximum atomic E-state index is 10.4. The fraction of sp³-hybridized carbons (Fsp3) is 1.00. The summed E-state index contributed by atoms with van der Waals surface area (Å²) in [7, 11) is -4.25. The topological polar surface area (TPSA) is 154 Å². The lowest BCUT2D eigenvalue weighted by Crippen LogP contribution is -2.44. The highest BCUT2D eigenvalue weighted by Gasteiger charge is 2.16. The van der Waals surface area contributed by atoms with Crippen molar-refractivity contribution in [1.82, 2.24) is 9.80 Å². The molecule has 11 heteroatoms. The molecule has 0 bridgehead atoms. The molecule has 0 aliphatic carbocycles. The van der Waals surface area contributed by atoms with Gasteiger partial charge in [0.2, 0.25) is 0 Å². The van der Waals surface area contributed by atoms with E-state index >= 15 is 0 Å². The van der Waals surface area contributed by atoms with E-state index in [2.05, 4.69) is 11.4 Å². The van der Waals surface area contributed by atoms with Crippen LogP contribution >= 0.6 is 7.82 Å². The van der Waals surface area contributed by atoms with E-state index in [-0.39, 0.29) is 6.61 Å². The fourth-order valence-corrected chi connectivity index (χ4v) is 5.14. The summed E-state index contributed by atoms with van der Waals surface area (Å²) < 4.78 is 14.8. The number of phosphoric acid groups is 1. The minimum atomic E-state index is -4.25. The molecule has 4 atom stereocenters. The molecule has 0 amide bonds. The summed E-state index contributed by atoms with van der Waals surface area (Å²) in [6, 6.07) is 0. The molecule has 0 radical (unpaired) electrons. The zero-order chi connectivity index (χ0) is 31.5. The van der Waals surface area contributed by atoms with Gasteiger partial charge in [-0.25, -0.2) is 4.57 Å². The largest absolute Gasteiger partial charge is 0.469 e. The van der Waals surface area contributed by atoms with Gasteiger partial charge < -0.3 is 30.2 Å². The van der Waals surface area contributed by atoms with Crippen LogP contribution < -0.4 is 0 Å². The van der Waals surface area contributed by atoms with Gasteiger partial charge in [-0.15, -0.1) is 0 Å². The van der Waals surface area contributed by atoms with Gasteiger partial charge in [0.05, 0.1) is 31.0 Å². The summed E-state index contributed by atoms with van der Waals surface area (Å²) in [4.78, 5) is 21.0. The van der Waals surface area contributed by atoms with Crippen molar-refractivity contribution in [1.29, 1.82) is 0 Å². The first-order valence-corrected chi connectivity index (χ1v) is 17.7. The van der Waals surface area contributed by atoms with Crippen LogP contribution in [0.1, 0.15) is 125 Å². The van der Waals surface area contributed by atoms with Crippen molar-refractivity contribution in [3.05, 3.63) is 0 Å². The molecule has 0 aromatic heterocycles. The number of hydrogen-bond acceptors (Lipinski definition) is 8. The average Bonchev–Trinajstić information content (AvgIpc) is 2.83. The van der Waals surface area contributed by atoms with Crippen molar-refractivity contribution < 1.29 is 39.3 Å². The van der Waals surface area contributed by atoms with E-state index in [1.807, 2.05) is 9.80 Å². The molecule has 6 N–H and O–H groups in total. The van der Waals surface area contributed by atoms with E-state index < -0.39 is 32.2 Å². The highest BCUT2D eigenvalue weighted by atomic mass is 31.2. The normalized spacial score (nSPS) is 15.0. The van der Waals surface area contributed by atoms with Crippen LogP contribution in [0.4, 0.5) is 0 Å². The number of aliphatic hydroxyl groups excluding tert-OH is 4. The Morgan fingerprint density at radius 2 is 0.805 bits per heavy atom. The minimum Gasteiger partial charge on any atom is -0.392 e. The van der Waals surface area contributed by atoms with E-state index in [1.165, 1.54) is 70.6 Å². The second-order valence-electron chi connectivity index (χ2n) is 11.8. The minimum absolute atomic E-state index is 0.169. The second kappa shape index (κ2) is 28.6.